The molecule has 0 radical (unpaired) electrons. The summed E-state index contributed by atoms with van der Waals surface area (Å²) < 4.78 is 0. The first-order chi connectivity index (χ1) is 7.06. The minimum atomic E-state index is -0.725. The van der Waals surface area contributed by atoms with Crippen LogP contribution in [0.3, 0.4) is 0 Å². The minimum absolute atomic E-state index is 0.222. The molecule has 1 N–H and O–H groups in total. The molecule has 0 fully saturated rings. The van der Waals surface area contributed by atoms with Gasteiger partial charge in [0.25, 0.3) is 0 Å². The summed E-state index contributed by atoms with van der Waals surface area (Å²) in [6.07, 6.45) is 3.77. The summed E-state index contributed by atoms with van der Waals surface area (Å²) in [5.41, 5.74) is 1.09. The number of unbranched alkanes of at least 4 members (excludes halogenated alkanes) is 2. The van der Waals surface area contributed by atoms with E-state index in [1.807, 2.05) is 6.92 Å². The SMILES string of the molecule is C=C(C)CN(CCCCC)CCC(=O)O. The Bertz CT molecular complexity index is 202. The zero-order valence-corrected chi connectivity index (χ0v) is 9.96. The summed E-state index contributed by atoms with van der Waals surface area (Å²) in [5, 5.41) is 8.62. The van der Waals surface area contributed by atoms with Crippen molar-refractivity contribution in [3.05, 3.63) is 12.2 Å². The van der Waals surface area contributed by atoms with Crippen molar-refractivity contribution in [2.75, 3.05) is 19.6 Å². The molecule has 0 unspecified atom stereocenters. The summed E-state index contributed by atoms with van der Waals surface area (Å²) in [6.45, 7) is 10.4. The van der Waals surface area contributed by atoms with Gasteiger partial charge in [-0.2, -0.15) is 0 Å². The fourth-order valence-corrected chi connectivity index (χ4v) is 1.49. The third-order valence-corrected chi connectivity index (χ3v) is 2.21. The van der Waals surface area contributed by atoms with E-state index in [1.165, 1.54) is 12.8 Å². The number of carboxylic acids is 1. The van der Waals surface area contributed by atoms with Crippen molar-refractivity contribution in [2.45, 2.75) is 39.5 Å². The number of aliphatic carboxylic acids is 1. The van der Waals surface area contributed by atoms with E-state index in [0.29, 0.717) is 6.54 Å². The second kappa shape index (κ2) is 8.48. The van der Waals surface area contributed by atoms with Crippen LogP contribution in [0.1, 0.15) is 39.5 Å². The average Bonchev–Trinajstić information content (AvgIpc) is 2.13. The molecular formula is C12H23NO2. The topological polar surface area (TPSA) is 40.5 Å². The maximum absolute atomic E-state index is 10.5. The second-order valence-electron chi connectivity index (χ2n) is 4.08. The maximum Gasteiger partial charge on any atom is 0.304 e. The molecule has 0 heterocycles. The van der Waals surface area contributed by atoms with Gasteiger partial charge in [0, 0.05) is 13.1 Å². The van der Waals surface area contributed by atoms with Crippen molar-refractivity contribution in [1.29, 1.82) is 0 Å². The average molecular weight is 213 g/mol. The van der Waals surface area contributed by atoms with Crippen LogP contribution in [0, 0.1) is 0 Å². The Kier molecular flexibility index (Phi) is 8.01. The maximum atomic E-state index is 10.5. The lowest BCUT2D eigenvalue weighted by atomic mass is 10.2. The van der Waals surface area contributed by atoms with Crippen molar-refractivity contribution in [3.63, 3.8) is 0 Å². The molecule has 0 aliphatic carbocycles. The van der Waals surface area contributed by atoms with Crippen molar-refractivity contribution < 1.29 is 9.90 Å². The standard InChI is InChI=1S/C12H23NO2/c1-4-5-6-8-13(10-11(2)3)9-7-12(14)15/h2,4-10H2,1,3H3,(H,14,15). The van der Waals surface area contributed by atoms with Gasteiger partial charge in [-0.15, -0.1) is 0 Å². The summed E-state index contributed by atoms with van der Waals surface area (Å²) in [6, 6.07) is 0. The molecule has 0 amide bonds. The van der Waals surface area contributed by atoms with Crippen LogP contribution in [-0.4, -0.2) is 35.6 Å². The highest BCUT2D eigenvalue weighted by molar-refractivity contribution is 5.66. The smallest absolute Gasteiger partial charge is 0.304 e. The van der Waals surface area contributed by atoms with Gasteiger partial charge >= 0.3 is 5.97 Å². The molecule has 88 valence electrons. The van der Waals surface area contributed by atoms with Gasteiger partial charge in [-0.3, -0.25) is 9.69 Å². The fraction of sp³-hybridized carbons (Fsp3) is 0.750. The van der Waals surface area contributed by atoms with E-state index in [0.717, 1.165) is 25.1 Å². The normalized spacial score (nSPS) is 10.6. The zero-order valence-electron chi connectivity index (χ0n) is 9.96. The van der Waals surface area contributed by atoms with E-state index in [-0.39, 0.29) is 6.42 Å². The van der Waals surface area contributed by atoms with Crippen LogP contribution in [0.5, 0.6) is 0 Å². The first-order valence-electron chi connectivity index (χ1n) is 5.64. The Balaban J connectivity index is 3.83. The molecule has 0 bridgehead atoms. The molecule has 0 saturated heterocycles. The fourth-order valence-electron chi connectivity index (χ4n) is 1.49. The largest absolute Gasteiger partial charge is 0.481 e. The third kappa shape index (κ3) is 9.47. The predicted octanol–water partition coefficient (Wildman–Crippen LogP) is 2.53. The molecule has 0 aromatic carbocycles. The van der Waals surface area contributed by atoms with Gasteiger partial charge in [-0.25, -0.2) is 0 Å². The molecule has 15 heavy (non-hydrogen) atoms. The van der Waals surface area contributed by atoms with Crippen molar-refractivity contribution in [2.24, 2.45) is 0 Å². The lowest BCUT2D eigenvalue weighted by Crippen LogP contribution is -2.29. The summed E-state index contributed by atoms with van der Waals surface area (Å²) in [4.78, 5) is 12.6. The number of carboxylic acid groups (broad SMARTS) is 1. The number of carbonyl (C=O) groups is 1. The Labute approximate surface area is 92.8 Å². The molecule has 0 aliphatic rings. The molecule has 3 heteroatoms. The minimum Gasteiger partial charge on any atom is -0.481 e. The molecule has 0 saturated carbocycles. The van der Waals surface area contributed by atoms with Crippen molar-refractivity contribution in [3.8, 4) is 0 Å². The molecule has 0 spiro atoms. The van der Waals surface area contributed by atoms with Crippen LogP contribution >= 0.6 is 0 Å². The van der Waals surface area contributed by atoms with Gasteiger partial charge in [0.1, 0.15) is 0 Å². The van der Waals surface area contributed by atoms with Crippen molar-refractivity contribution >= 4 is 5.97 Å². The number of hydrogen-bond donors (Lipinski definition) is 1. The van der Waals surface area contributed by atoms with E-state index >= 15 is 0 Å². The predicted molar refractivity (Wildman–Crippen MR) is 63.0 cm³/mol. The molecule has 3 nitrogen and oxygen atoms in total. The highest BCUT2D eigenvalue weighted by Gasteiger charge is 2.06. The Morgan fingerprint density at radius 2 is 2.00 bits per heavy atom. The van der Waals surface area contributed by atoms with Gasteiger partial charge in [0.05, 0.1) is 6.42 Å². The molecule has 0 aliphatic heterocycles. The van der Waals surface area contributed by atoms with Gasteiger partial charge < -0.3 is 5.11 Å². The lowest BCUT2D eigenvalue weighted by Gasteiger charge is -2.21. The highest BCUT2D eigenvalue weighted by atomic mass is 16.4. The monoisotopic (exact) mass is 213 g/mol. The van der Waals surface area contributed by atoms with Crippen LogP contribution in [-0.2, 0) is 4.79 Å². The number of nitrogens with zero attached hydrogens (tertiary/aromatic N) is 1. The van der Waals surface area contributed by atoms with Crippen LogP contribution in [0.15, 0.2) is 12.2 Å². The van der Waals surface area contributed by atoms with Gasteiger partial charge in [-0.05, 0) is 19.9 Å². The number of hydrogen-bond acceptors (Lipinski definition) is 2. The van der Waals surface area contributed by atoms with Gasteiger partial charge in [0.15, 0.2) is 0 Å². The molecule has 0 aromatic rings. The van der Waals surface area contributed by atoms with E-state index in [1.54, 1.807) is 0 Å². The van der Waals surface area contributed by atoms with Crippen LogP contribution in [0.2, 0.25) is 0 Å². The van der Waals surface area contributed by atoms with Crippen LogP contribution in [0.25, 0.3) is 0 Å². The van der Waals surface area contributed by atoms with E-state index < -0.39 is 5.97 Å². The van der Waals surface area contributed by atoms with Crippen LogP contribution in [0.4, 0.5) is 0 Å². The third-order valence-electron chi connectivity index (χ3n) is 2.21. The first-order valence-corrected chi connectivity index (χ1v) is 5.64. The van der Waals surface area contributed by atoms with E-state index in [4.69, 9.17) is 5.11 Å². The summed E-state index contributed by atoms with van der Waals surface area (Å²) >= 11 is 0. The Hall–Kier alpha value is -0.830. The van der Waals surface area contributed by atoms with E-state index in [2.05, 4.69) is 18.4 Å². The molecular weight excluding hydrogens is 190 g/mol. The van der Waals surface area contributed by atoms with E-state index in [9.17, 15) is 4.79 Å². The van der Waals surface area contributed by atoms with Crippen molar-refractivity contribution in [1.82, 2.24) is 4.90 Å². The van der Waals surface area contributed by atoms with Gasteiger partial charge in [-0.1, -0.05) is 31.9 Å². The number of rotatable bonds is 9. The first kappa shape index (κ1) is 14.2. The quantitative estimate of drug-likeness (QED) is 0.472. The lowest BCUT2D eigenvalue weighted by molar-refractivity contribution is -0.137. The molecule has 0 atom stereocenters. The highest BCUT2D eigenvalue weighted by Crippen LogP contribution is 2.02. The molecule has 0 rings (SSSR count). The second-order valence-corrected chi connectivity index (χ2v) is 4.08. The zero-order chi connectivity index (χ0) is 11.7. The Morgan fingerprint density at radius 3 is 2.47 bits per heavy atom. The Morgan fingerprint density at radius 1 is 1.33 bits per heavy atom. The van der Waals surface area contributed by atoms with Crippen LogP contribution < -0.4 is 0 Å². The summed E-state index contributed by atoms with van der Waals surface area (Å²) in [7, 11) is 0. The molecule has 0 aromatic heterocycles. The van der Waals surface area contributed by atoms with Gasteiger partial charge in [0.2, 0.25) is 0 Å². The summed E-state index contributed by atoms with van der Waals surface area (Å²) in [5.74, 6) is -0.725.